The average Bonchev–Trinajstić information content (AvgIpc) is 3.44. The smallest absolute Gasteiger partial charge is 0.341 e. The summed E-state index contributed by atoms with van der Waals surface area (Å²) in [6.45, 7) is 3.40. The maximum Gasteiger partial charge on any atom is 0.341 e. The zero-order valence-corrected chi connectivity index (χ0v) is 23.6. The van der Waals surface area contributed by atoms with Crippen molar-refractivity contribution in [2.75, 3.05) is 18.5 Å². The van der Waals surface area contributed by atoms with Gasteiger partial charge in [0.2, 0.25) is 0 Å². The fourth-order valence-electron chi connectivity index (χ4n) is 5.26. The SMILES string of the molecule is CCOC(=O)c1c(NC(=O)COC(=O)[C@@H](Cc2ccccc2)N2C(=O)c3ccccc3C2=O)sc2c1CC[C@@H](C)C2. The number of fused-ring (bicyclic) bond motifs is 2. The predicted octanol–water partition coefficient (Wildman–Crippen LogP) is 4.44. The van der Waals surface area contributed by atoms with Crippen LogP contribution in [0.5, 0.6) is 0 Å². The third kappa shape index (κ3) is 5.78. The van der Waals surface area contributed by atoms with Gasteiger partial charge in [0.15, 0.2) is 6.61 Å². The van der Waals surface area contributed by atoms with Gasteiger partial charge in [-0.25, -0.2) is 9.59 Å². The Labute approximate surface area is 241 Å². The van der Waals surface area contributed by atoms with E-state index in [9.17, 15) is 24.0 Å². The van der Waals surface area contributed by atoms with Crippen LogP contribution in [0.25, 0.3) is 0 Å². The number of nitrogens with zero attached hydrogens (tertiary/aromatic N) is 1. The first-order chi connectivity index (χ1) is 19.8. The summed E-state index contributed by atoms with van der Waals surface area (Å²) in [5, 5.41) is 3.09. The van der Waals surface area contributed by atoms with E-state index in [1.54, 1.807) is 43.3 Å². The van der Waals surface area contributed by atoms with E-state index in [1.807, 2.05) is 6.07 Å². The highest BCUT2D eigenvalue weighted by molar-refractivity contribution is 7.17. The second kappa shape index (κ2) is 12.1. The van der Waals surface area contributed by atoms with Crippen LogP contribution in [0.2, 0.25) is 0 Å². The molecule has 10 heteroatoms. The number of esters is 2. The highest BCUT2D eigenvalue weighted by Gasteiger charge is 2.43. The molecule has 2 aromatic carbocycles. The van der Waals surface area contributed by atoms with Crippen LogP contribution in [-0.4, -0.2) is 53.8 Å². The van der Waals surface area contributed by atoms with E-state index in [4.69, 9.17) is 9.47 Å². The van der Waals surface area contributed by atoms with Gasteiger partial charge >= 0.3 is 11.9 Å². The molecular formula is C31H30N2O7S. The van der Waals surface area contributed by atoms with Gasteiger partial charge < -0.3 is 14.8 Å². The lowest BCUT2D eigenvalue weighted by Crippen LogP contribution is -2.47. The summed E-state index contributed by atoms with van der Waals surface area (Å²) in [6, 6.07) is 14.0. The van der Waals surface area contributed by atoms with Gasteiger partial charge in [-0.1, -0.05) is 49.4 Å². The van der Waals surface area contributed by atoms with Gasteiger partial charge in [0.1, 0.15) is 11.0 Å². The molecule has 9 nitrogen and oxygen atoms in total. The van der Waals surface area contributed by atoms with Crippen molar-refractivity contribution in [3.05, 3.63) is 87.3 Å². The summed E-state index contributed by atoms with van der Waals surface area (Å²) in [6.07, 6.45) is 2.48. The number of carbonyl (C=O) groups is 5. The van der Waals surface area contributed by atoms with Crippen LogP contribution >= 0.6 is 11.3 Å². The van der Waals surface area contributed by atoms with E-state index < -0.39 is 42.3 Å². The number of carbonyl (C=O) groups excluding carboxylic acids is 5. The first kappa shape index (κ1) is 28.2. The molecular weight excluding hydrogens is 544 g/mol. The number of benzene rings is 2. The molecule has 0 spiro atoms. The second-order valence-electron chi connectivity index (χ2n) is 10.2. The fraction of sp³-hybridized carbons (Fsp3) is 0.323. The van der Waals surface area contributed by atoms with Crippen molar-refractivity contribution in [2.24, 2.45) is 5.92 Å². The first-order valence-corrected chi connectivity index (χ1v) is 14.4. The van der Waals surface area contributed by atoms with E-state index in [0.717, 1.165) is 28.2 Å². The Morgan fingerprint density at radius 3 is 2.32 bits per heavy atom. The Bertz CT molecular complexity index is 1480. The lowest BCUT2D eigenvalue weighted by molar-refractivity contribution is -0.151. The number of rotatable bonds is 9. The van der Waals surface area contributed by atoms with Crippen LogP contribution in [0, 0.1) is 5.92 Å². The summed E-state index contributed by atoms with van der Waals surface area (Å²) >= 11 is 1.33. The van der Waals surface area contributed by atoms with Gasteiger partial charge in [-0.05, 0) is 55.4 Å². The Morgan fingerprint density at radius 1 is 1.00 bits per heavy atom. The minimum Gasteiger partial charge on any atom is -0.462 e. The number of thiophene rings is 1. The first-order valence-electron chi connectivity index (χ1n) is 13.6. The van der Waals surface area contributed by atoms with Gasteiger partial charge in [0, 0.05) is 11.3 Å². The van der Waals surface area contributed by atoms with Gasteiger partial charge in [-0.3, -0.25) is 19.3 Å². The molecule has 212 valence electrons. The molecule has 5 rings (SSSR count). The number of hydrogen-bond donors (Lipinski definition) is 1. The number of imide groups is 1. The molecule has 2 atom stereocenters. The van der Waals surface area contributed by atoms with Gasteiger partial charge in [0.25, 0.3) is 17.7 Å². The molecule has 3 aromatic rings. The predicted molar refractivity (Wildman–Crippen MR) is 152 cm³/mol. The zero-order valence-electron chi connectivity index (χ0n) is 22.8. The number of anilines is 1. The topological polar surface area (TPSA) is 119 Å². The average molecular weight is 575 g/mol. The molecule has 1 aromatic heterocycles. The van der Waals surface area contributed by atoms with Crippen molar-refractivity contribution in [3.8, 4) is 0 Å². The number of nitrogens with one attached hydrogen (secondary N) is 1. The van der Waals surface area contributed by atoms with Crippen LogP contribution in [-0.2, 0) is 38.3 Å². The molecule has 0 bridgehead atoms. The molecule has 3 amide bonds. The van der Waals surface area contributed by atoms with Crippen molar-refractivity contribution in [1.29, 1.82) is 0 Å². The second-order valence-corrected chi connectivity index (χ2v) is 11.3. The maximum absolute atomic E-state index is 13.4. The summed E-state index contributed by atoms with van der Waals surface area (Å²) in [5.41, 5.74) is 2.39. The quantitative estimate of drug-likeness (QED) is 0.296. The maximum atomic E-state index is 13.4. The van der Waals surface area contributed by atoms with Gasteiger partial charge in [-0.2, -0.15) is 0 Å². The Kier molecular flexibility index (Phi) is 8.30. The summed E-state index contributed by atoms with van der Waals surface area (Å²) < 4.78 is 10.6. The molecule has 0 radical (unpaired) electrons. The van der Waals surface area contributed by atoms with Crippen molar-refractivity contribution in [2.45, 2.75) is 45.6 Å². The van der Waals surface area contributed by atoms with Crippen molar-refractivity contribution < 1.29 is 33.4 Å². The monoisotopic (exact) mass is 574 g/mol. The third-order valence-corrected chi connectivity index (χ3v) is 8.44. The molecule has 0 saturated heterocycles. The molecule has 41 heavy (non-hydrogen) atoms. The van der Waals surface area contributed by atoms with Crippen molar-refractivity contribution in [3.63, 3.8) is 0 Å². The van der Waals surface area contributed by atoms with E-state index in [0.29, 0.717) is 28.5 Å². The molecule has 0 unspecified atom stereocenters. The number of hydrogen-bond acceptors (Lipinski definition) is 8. The van der Waals surface area contributed by atoms with Gasteiger partial charge in [-0.15, -0.1) is 11.3 Å². The van der Waals surface area contributed by atoms with E-state index in [1.165, 1.54) is 23.5 Å². The van der Waals surface area contributed by atoms with Crippen LogP contribution in [0.4, 0.5) is 5.00 Å². The van der Waals surface area contributed by atoms with E-state index >= 15 is 0 Å². The van der Waals surface area contributed by atoms with Crippen LogP contribution in [0.3, 0.4) is 0 Å². The molecule has 1 aliphatic heterocycles. The Morgan fingerprint density at radius 2 is 1.66 bits per heavy atom. The van der Waals surface area contributed by atoms with Crippen LogP contribution in [0.1, 0.15) is 67.3 Å². The van der Waals surface area contributed by atoms with Crippen LogP contribution < -0.4 is 5.32 Å². The minimum atomic E-state index is -1.27. The highest BCUT2D eigenvalue weighted by atomic mass is 32.1. The molecule has 1 aliphatic carbocycles. The van der Waals surface area contributed by atoms with Crippen molar-refractivity contribution in [1.82, 2.24) is 4.90 Å². The zero-order chi connectivity index (χ0) is 29.1. The van der Waals surface area contributed by atoms with Gasteiger partial charge in [0.05, 0.1) is 23.3 Å². The number of ether oxygens (including phenoxy) is 2. The lowest BCUT2D eigenvalue weighted by atomic mass is 9.88. The molecule has 0 saturated carbocycles. The standard InChI is InChI=1S/C31H30N2O7S/c1-3-39-31(38)26-22-14-13-18(2)15-24(22)41-27(26)32-25(34)17-40-30(37)23(16-19-9-5-4-6-10-19)33-28(35)20-11-7-8-12-21(20)29(33)36/h4-12,18,23H,3,13-17H2,1-2H3,(H,32,34)/t18-,23-/m1/s1. The van der Waals surface area contributed by atoms with Crippen LogP contribution in [0.15, 0.2) is 54.6 Å². The minimum absolute atomic E-state index is 0.0234. The number of amides is 3. The molecule has 1 N–H and O–H groups in total. The summed E-state index contributed by atoms with van der Waals surface area (Å²) in [7, 11) is 0. The largest absolute Gasteiger partial charge is 0.462 e. The van der Waals surface area contributed by atoms with Crippen molar-refractivity contribution >= 4 is 46.0 Å². The third-order valence-electron chi connectivity index (χ3n) is 7.27. The van der Waals surface area contributed by atoms with E-state index in [2.05, 4.69) is 12.2 Å². The molecule has 2 heterocycles. The fourth-order valence-corrected chi connectivity index (χ4v) is 6.68. The Balaban J connectivity index is 1.33. The summed E-state index contributed by atoms with van der Waals surface area (Å²) in [5.74, 6) is -2.75. The lowest BCUT2D eigenvalue weighted by Gasteiger charge is -2.24. The summed E-state index contributed by atoms with van der Waals surface area (Å²) in [4.78, 5) is 67.4. The Hall–Kier alpha value is -4.31. The molecule has 2 aliphatic rings. The van der Waals surface area contributed by atoms with E-state index in [-0.39, 0.29) is 24.2 Å². The highest BCUT2D eigenvalue weighted by Crippen LogP contribution is 2.40. The normalized spacial score (nSPS) is 16.5. The molecule has 0 fully saturated rings.